The average molecular weight is 210 g/mol. The molecule has 1 fully saturated rings. The Hall–Kier alpha value is -0.560. The Bertz CT molecular complexity index is 236. The van der Waals surface area contributed by atoms with Gasteiger partial charge in [-0.2, -0.15) is 0 Å². The standard InChI is InChI=1S/C12H22N2O/c1-3-4-5-8-11(14-13)12(15-2)9-6-7-10-12/h11,14H,5-10,13H2,1-2H3. The maximum Gasteiger partial charge on any atom is 0.0844 e. The summed E-state index contributed by atoms with van der Waals surface area (Å²) in [5.41, 5.74) is 2.85. The van der Waals surface area contributed by atoms with Crippen molar-refractivity contribution in [1.82, 2.24) is 5.43 Å². The molecule has 0 heterocycles. The Morgan fingerprint density at radius 1 is 1.47 bits per heavy atom. The predicted molar refractivity (Wildman–Crippen MR) is 62.0 cm³/mol. The number of methoxy groups -OCH3 is 1. The van der Waals surface area contributed by atoms with Crippen LogP contribution in [0.3, 0.4) is 0 Å². The van der Waals surface area contributed by atoms with Crippen LogP contribution in [0.15, 0.2) is 0 Å². The molecule has 0 aromatic rings. The van der Waals surface area contributed by atoms with Gasteiger partial charge in [-0.1, -0.05) is 12.8 Å². The van der Waals surface area contributed by atoms with E-state index in [0.717, 1.165) is 25.7 Å². The minimum absolute atomic E-state index is 0.0514. The molecule has 0 bridgehead atoms. The molecule has 0 saturated heterocycles. The predicted octanol–water partition coefficient (Wildman–Crippen LogP) is 1.58. The van der Waals surface area contributed by atoms with Crippen molar-refractivity contribution in [2.45, 2.75) is 57.1 Å². The minimum Gasteiger partial charge on any atom is -0.377 e. The summed E-state index contributed by atoms with van der Waals surface area (Å²) in [5, 5.41) is 0. The van der Waals surface area contributed by atoms with Crippen LogP contribution < -0.4 is 11.3 Å². The first-order chi connectivity index (χ1) is 7.29. The van der Waals surface area contributed by atoms with E-state index in [4.69, 9.17) is 10.6 Å². The molecule has 1 saturated carbocycles. The Kier molecular flexibility index (Phi) is 5.10. The largest absolute Gasteiger partial charge is 0.377 e. The summed E-state index contributed by atoms with van der Waals surface area (Å²) in [6, 6.07) is 0.228. The quantitative estimate of drug-likeness (QED) is 0.411. The molecule has 0 aromatic carbocycles. The van der Waals surface area contributed by atoms with Crippen molar-refractivity contribution in [1.29, 1.82) is 0 Å². The summed E-state index contributed by atoms with van der Waals surface area (Å²) in [6.45, 7) is 1.87. The van der Waals surface area contributed by atoms with Gasteiger partial charge < -0.3 is 4.74 Å². The maximum absolute atomic E-state index is 5.69. The highest BCUT2D eigenvalue weighted by molar-refractivity contribution is 5.00. The smallest absolute Gasteiger partial charge is 0.0844 e. The van der Waals surface area contributed by atoms with Gasteiger partial charge in [-0.25, -0.2) is 0 Å². The summed E-state index contributed by atoms with van der Waals surface area (Å²) in [5.74, 6) is 11.6. The molecule has 1 atom stereocenters. The molecule has 3 heteroatoms. The number of hydrogen-bond acceptors (Lipinski definition) is 3. The molecule has 1 rings (SSSR count). The van der Waals surface area contributed by atoms with Crippen molar-refractivity contribution < 1.29 is 4.74 Å². The Morgan fingerprint density at radius 2 is 2.13 bits per heavy atom. The van der Waals surface area contributed by atoms with Crippen molar-refractivity contribution in [3.8, 4) is 11.8 Å². The van der Waals surface area contributed by atoms with E-state index >= 15 is 0 Å². The van der Waals surface area contributed by atoms with Crippen molar-refractivity contribution in [3.05, 3.63) is 0 Å². The molecule has 1 aliphatic rings. The zero-order valence-corrected chi connectivity index (χ0v) is 9.81. The van der Waals surface area contributed by atoms with Crippen LogP contribution in [0.2, 0.25) is 0 Å². The average Bonchev–Trinajstić information content (AvgIpc) is 2.74. The molecule has 1 unspecified atom stereocenters. The second kappa shape index (κ2) is 6.12. The Morgan fingerprint density at radius 3 is 2.60 bits per heavy atom. The van der Waals surface area contributed by atoms with Gasteiger partial charge in [0, 0.05) is 13.5 Å². The fourth-order valence-electron chi connectivity index (χ4n) is 2.51. The fraction of sp³-hybridized carbons (Fsp3) is 0.833. The number of hydrogen-bond donors (Lipinski definition) is 2. The van der Waals surface area contributed by atoms with Gasteiger partial charge >= 0.3 is 0 Å². The SMILES string of the molecule is CC#CCCC(NN)C1(OC)CCCC1. The van der Waals surface area contributed by atoms with Gasteiger partial charge in [-0.05, 0) is 26.2 Å². The fourth-order valence-corrected chi connectivity index (χ4v) is 2.51. The van der Waals surface area contributed by atoms with E-state index in [-0.39, 0.29) is 11.6 Å². The number of ether oxygens (including phenoxy) is 1. The third kappa shape index (κ3) is 2.94. The Labute approximate surface area is 92.7 Å². The van der Waals surface area contributed by atoms with Gasteiger partial charge in [0.1, 0.15) is 0 Å². The summed E-state index contributed by atoms with van der Waals surface area (Å²) in [4.78, 5) is 0. The van der Waals surface area contributed by atoms with Gasteiger partial charge in [-0.3, -0.25) is 11.3 Å². The highest BCUT2D eigenvalue weighted by Crippen LogP contribution is 2.36. The van der Waals surface area contributed by atoms with Crippen LogP contribution in [-0.4, -0.2) is 18.8 Å². The van der Waals surface area contributed by atoms with E-state index in [0.29, 0.717) is 0 Å². The van der Waals surface area contributed by atoms with Crippen LogP contribution in [0.5, 0.6) is 0 Å². The first-order valence-corrected chi connectivity index (χ1v) is 5.70. The number of nitrogens with two attached hydrogens (primary N) is 1. The van der Waals surface area contributed by atoms with Crippen LogP contribution in [0.1, 0.15) is 45.4 Å². The molecular weight excluding hydrogens is 188 g/mol. The van der Waals surface area contributed by atoms with E-state index in [1.807, 2.05) is 6.92 Å². The monoisotopic (exact) mass is 210 g/mol. The molecule has 0 amide bonds. The van der Waals surface area contributed by atoms with E-state index in [2.05, 4.69) is 17.3 Å². The summed E-state index contributed by atoms with van der Waals surface area (Å²) in [6.07, 6.45) is 6.55. The van der Waals surface area contributed by atoms with Gasteiger partial charge in [0.25, 0.3) is 0 Å². The third-order valence-corrected chi connectivity index (χ3v) is 3.43. The first kappa shape index (κ1) is 12.5. The van der Waals surface area contributed by atoms with Crippen LogP contribution in [-0.2, 0) is 4.74 Å². The lowest BCUT2D eigenvalue weighted by molar-refractivity contribution is -0.0374. The molecule has 0 radical (unpaired) electrons. The number of nitrogens with one attached hydrogen (secondary N) is 1. The molecule has 3 N–H and O–H groups in total. The maximum atomic E-state index is 5.69. The molecular formula is C12H22N2O. The molecule has 3 nitrogen and oxygen atoms in total. The third-order valence-electron chi connectivity index (χ3n) is 3.43. The lowest BCUT2D eigenvalue weighted by atomic mass is 9.89. The summed E-state index contributed by atoms with van der Waals surface area (Å²) >= 11 is 0. The molecule has 15 heavy (non-hydrogen) atoms. The zero-order valence-electron chi connectivity index (χ0n) is 9.81. The van der Waals surface area contributed by atoms with Gasteiger partial charge in [0.15, 0.2) is 0 Å². The molecule has 1 aliphatic carbocycles. The number of hydrazine groups is 1. The summed E-state index contributed by atoms with van der Waals surface area (Å²) < 4.78 is 5.69. The second-order valence-electron chi connectivity index (χ2n) is 4.16. The van der Waals surface area contributed by atoms with E-state index in [1.165, 1.54) is 12.8 Å². The van der Waals surface area contributed by atoms with E-state index in [1.54, 1.807) is 7.11 Å². The van der Waals surface area contributed by atoms with Gasteiger partial charge in [-0.15, -0.1) is 11.8 Å². The zero-order chi connectivity index (χ0) is 11.1. The van der Waals surface area contributed by atoms with E-state index < -0.39 is 0 Å². The lowest BCUT2D eigenvalue weighted by Crippen LogP contribution is -2.53. The lowest BCUT2D eigenvalue weighted by Gasteiger charge is -2.35. The minimum atomic E-state index is -0.0514. The van der Waals surface area contributed by atoms with Crippen molar-refractivity contribution in [3.63, 3.8) is 0 Å². The Balaban J connectivity index is 2.56. The second-order valence-corrected chi connectivity index (χ2v) is 4.16. The molecule has 0 aromatic heterocycles. The van der Waals surface area contributed by atoms with Crippen LogP contribution in [0.4, 0.5) is 0 Å². The van der Waals surface area contributed by atoms with Crippen molar-refractivity contribution in [2.75, 3.05) is 7.11 Å². The number of rotatable bonds is 5. The van der Waals surface area contributed by atoms with E-state index in [9.17, 15) is 0 Å². The molecule has 86 valence electrons. The van der Waals surface area contributed by atoms with Crippen LogP contribution >= 0.6 is 0 Å². The highest BCUT2D eigenvalue weighted by Gasteiger charge is 2.40. The summed E-state index contributed by atoms with van der Waals surface area (Å²) in [7, 11) is 1.79. The molecule has 0 aliphatic heterocycles. The first-order valence-electron chi connectivity index (χ1n) is 5.70. The topological polar surface area (TPSA) is 47.3 Å². The highest BCUT2D eigenvalue weighted by atomic mass is 16.5. The van der Waals surface area contributed by atoms with Gasteiger partial charge in [0.05, 0.1) is 11.6 Å². The normalized spacial score (nSPS) is 20.7. The van der Waals surface area contributed by atoms with Crippen LogP contribution in [0.25, 0.3) is 0 Å². The van der Waals surface area contributed by atoms with Crippen molar-refractivity contribution >= 4 is 0 Å². The molecule has 0 spiro atoms. The van der Waals surface area contributed by atoms with Crippen LogP contribution in [0, 0.1) is 11.8 Å². The van der Waals surface area contributed by atoms with Crippen molar-refractivity contribution in [2.24, 2.45) is 5.84 Å². The van der Waals surface area contributed by atoms with Gasteiger partial charge in [0.2, 0.25) is 0 Å².